The van der Waals surface area contributed by atoms with Gasteiger partial charge in [0.05, 0.1) is 11.4 Å². The number of benzene rings is 1. The van der Waals surface area contributed by atoms with E-state index in [4.69, 9.17) is 4.74 Å². The van der Waals surface area contributed by atoms with Gasteiger partial charge in [-0.1, -0.05) is 19.1 Å². The summed E-state index contributed by atoms with van der Waals surface area (Å²) < 4.78 is 5.25. The number of hydrogen-bond donors (Lipinski definition) is 1. The molecule has 7 heteroatoms. The number of carbonyl (C=O) groups is 3. The van der Waals surface area contributed by atoms with Gasteiger partial charge in [0.1, 0.15) is 11.4 Å². The van der Waals surface area contributed by atoms with Gasteiger partial charge in [0.25, 0.3) is 5.91 Å². The maximum absolute atomic E-state index is 12.6. The molecule has 1 aromatic heterocycles. The Kier molecular flexibility index (Phi) is 4.70. The molecule has 0 radical (unpaired) electrons. The maximum Gasteiger partial charge on any atom is 0.348 e. The normalized spacial score (nSPS) is 18.3. The third kappa shape index (κ3) is 3.60. The molecule has 27 heavy (non-hydrogen) atoms. The Hall–Kier alpha value is -2.67. The van der Waals surface area contributed by atoms with Gasteiger partial charge in [0.2, 0.25) is 5.91 Å². The highest BCUT2D eigenvalue weighted by Gasteiger charge is 2.28. The van der Waals surface area contributed by atoms with E-state index in [1.54, 1.807) is 24.3 Å². The molecule has 0 spiro atoms. The molecule has 2 heterocycles. The van der Waals surface area contributed by atoms with Crippen molar-refractivity contribution in [3.63, 3.8) is 0 Å². The van der Waals surface area contributed by atoms with Crippen LogP contribution in [0.4, 0.5) is 11.4 Å². The highest BCUT2D eigenvalue weighted by atomic mass is 32.1. The monoisotopic (exact) mass is 384 g/mol. The second kappa shape index (κ2) is 7.15. The molecule has 6 nitrogen and oxygen atoms in total. The second-order valence-corrected chi connectivity index (χ2v) is 8.17. The molecule has 1 aromatic carbocycles. The molecule has 1 N–H and O–H groups in total. The molecule has 140 valence electrons. The third-order valence-corrected chi connectivity index (χ3v) is 6.15. The van der Waals surface area contributed by atoms with E-state index in [1.165, 1.54) is 26.7 Å². The number of hydrogen-bond acceptors (Lipinski definition) is 5. The Balaban J connectivity index is 1.42. The molecule has 2 amide bonds. The molecule has 2 aromatic rings. The molecule has 1 atom stereocenters. The van der Waals surface area contributed by atoms with Crippen LogP contribution in [0.25, 0.3) is 0 Å². The lowest BCUT2D eigenvalue weighted by Crippen LogP contribution is -2.44. The van der Waals surface area contributed by atoms with Gasteiger partial charge in [-0.3, -0.25) is 14.5 Å². The van der Waals surface area contributed by atoms with Gasteiger partial charge in [-0.05, 0) is 48.9 Å². The van der Waals surface area contributed by atoms with E-state index in [1.807, 2.05) is 6.07 Å². The van der Waals surface area contributed by atoms with Crippen LogP contribution in [0, 0.1) is 5.92 Å². The van der Waals surface area contributed by atoms with Crippen LogP contribution in [0.15, 0.2) is 30.3 Å². The zero-order valence-electron chi connectivity index (χ0n) is 15.0. The van der Waals surface area contributed by atoms with Crippen LogP contribution in [0.2, 0.25) is 0 Å². The van der Waals surface area contributed by atoms with Crippen molar-refractivity contribution < 1.29 is 19.1 Å². The van der Waals surface area contributed by atoms with E-state index in [-0.39, 0.29) is 19.1 Å². The number of anilines is 2. The smallest absolute Gasteiger partial charge is 0.348 e. The molecule has 2 aliphatic rings. The van der Waals surface area contributed by atoms with Gasteiger partial charge in [-0.25, -0.2) is 4.79 Å². The minimum Gasteiger partial charge on any atom is -0.451 e. The zero-order valence-corrected chi connectivity index (χ0v) is 15.8. The standard InChI is InChI=1S/C20H20N2O4S/c1-12-6-7-16-13(8-12)9-17(27-16)20(25)26-11-19(24)22-10-18(23)21-14-4-2-3-5-15(14)22/h2-5,9,12H,6-8,10-11H2,1H3,(H,21,23)/t12-/m1/s1. The number of ether oxygens (including phenoxy) is 1. The largest absolute Gasteiger partial charge is 0.451 e. The summed E-state index contributed by atoms with van der Waals surface area (Å²) >= 11 is 1.46. The van der Waals surface area contributed by atoms with E-state index in [9.17, 15) is 14.4 Å². The summed E-state index contributed by atoms with van der Waals surface area (Å²) in [5, 5.41) is 2.73. The molecule has 0 saturated carbocycles. The van der Waals surface area contributed by atoms with Crippen LogP contribution in [0.3, 0.4) is 0 Å². The van der Waals surface area contributed by atoms with E-state index >= 15 is 0 Å². The summed E-state index contributed by atoms with van der Waals surface area (Å²) in [6, 6.07) is 8.96. The average Bonchev–Trinajstić information content (AvgIpc) is 3.08. The summed E-state index contributed by atoms with van der Waals surface area (Å²) in [6.07, 6.45) is 3.11. The number of esters is 1. The third-order valence-electron chi connectivity index (χ3n) is 4.93. The number of nitrogens with one attached hydrogen (secondary N) is 1. The summed E-state index contributed by atoms with van der Waals surface area (Å²) in [7, 11) is 0. The molecular formula is C20H20N2O4S. The number of aryl methyl sites for hydroxylation is 1. The Morgan fingerprint density at radius 1 is 1.33 bits per heavy atom. The van der Waals surface area contributed by atoms with Crippen LogP contribution in [0.5, 0.6) is 0 Å². The first-order valence-electron chi connectivity index (χ1n) is 8.99. The van der Waals surface area contributed by atoms with Crippen molar-refractivity contribution in [2.45, 2.75) is 26.2 Å². The van der Waals surface area contributed by atoms with Crippen molar-refractivity contribution in [1.82, 2.24) is 0 Å². The highest BCUT2D eigenvalue weighted by molar-refractivity contribution is 7.14. The Morgan fingerprint density at radius 2 is 2.15 bits per heavy atom. The molecule has 0 fully saturated rings. The number of nitrogens with zero attached hydrogens (tertiary/aromatic N) is 1. The second-order valence-electron chi connectivity index (χ2n) is 7.03. The van der Waals surface area contributed by atoms with Gasteiger partial charge in [0, 0.05) is 4.88 Å². The first-order valence-corrected chi connectivity index (χ1v) is 9.81. The molecule has 1 aliphatic heterocycles. The first kappa shape index (κ1) is 17.7. The van der Waals surface area contributed by atoms with E-state index in [2.05, 4.69) is 12.2 Å². The first-order chi connectivity index (χ1) is 13.0. The molecular weight excluding hydrogens is 364 g/mol. The van der Waals surface area contributed by atoms with Crippen molar-refractivity contribution in [2.75, 3.05) is 23.4 Å². The minimum absolute atomic E-state index is 0.0847. The fourth-order valence-corrected chi connectivity index (χ4v) is 4.64. The van der Waals surface area contributed by atoms with Gasteiger partial charge in [-0.2, -0.15) is 0 Å². The van der Waals surface area contributed by atoms with Gasteiger partial charge in [-0.15, -0.1) is 11.3 Å². The Labute approximate surface area is 161 Å². The molecule has 1 aliphatic carbocycles. The van der Waals surface area contributed by atoms with E-state index < -0.39 is 11.9 Å². The van der Waals surface area contributed by atoms with Gasteiger partial charge in [0.15, 0.2) is 6.61 Å². The lowest BCUT2D eigenvalue weighted by molar-refractivity contribution is -0.124. The number of rotatable bonds is 3. The number of fused-ring (bicyclic) bond motifs is 2. The van der Waals surface area contributed by atoms with Crippen molar-refractivity contribution in [3.8, 4) is 0 Å². The van der Waals surface area contributed by atoms with Gasteiger partial charge >= 0.3 is 5.97 Å². The molecule has 0 saturated heterocycles. The number of amides is 2. The van der Waals surface area contributed by atoms with Crippen LogP contribution >= 0.6 is 11.3 Å². The van der Waals surface area contributed by atoms with E-state index in [0.717, 1.165) is 19.3 Å². The summed E-state index contributed by atoms with van der Waals surface area (Å²) in [6.45, 7) is 1.74. The SMILES string of the molecule is C[C@@H]1CCc2sc(C(=O)OCC(=O)N3CC(=O)Nc4ccccc43)cc2C1. The number of thiophene rings is 1. The topological polar surface area (TPSA) is 75.7 Å². The fraction of sp³-hybridized carbons (Fsp3) is 0.350. The molecule has 0 bridgehead atoms. The number of para-hydroxylation sites is 2. The highest BCUT2D eigenvalue weighted by Crippen LogP contribution is 2.33. The van der Waals surface area contributed by atoms with Crippen LogP contribution in [-0.2, 0) is 27.2 Å². The summed E-state index contributed by atoms with van der Waals surface area (Å²) in [5.74, 6) is -0.540. The predicted molar refractivity (Wildman–Crippen MR) is 103 cm³/mol. The Morgan fingerprint density at radius 3 is 3.00 bits per heavy atom. The van der Waals surface area contributed by atoms with Crippen LogP contribution in [0.1, 0.15) is 33.5 Å². The van der Waals surface area contributed by atoms with Crippen LogP contribution < -0.4 is 10.2 Å². The summed E-state index contributed by atoms with van der Waals surface area (Å²) in [4.78, 5) is 39.9. The fourth-order valence-electron chi connectivity index (χ4n) is 3.54. The van der Waals surface area contributed by atoms with Gasteiger partial charge < -0.3 is 10.1 Å². The van der Waals surface area contributed by atoms with Crippen LogP contribution in [-0.4, -0.2) is 30.9 Å². The van der Waals surface area contributed by atoms with E-state index in [0.29, 0.717) is 22.2 Å². The average molecular weight is 384 g/mol. The lowest BCUT2D eigenvalue weighted by atomic mass is 9.90. The number of carbonyl (C=O) groups excluding carboxylic acids is 3. The Bertz CT molecular complexity index is 920. The van der Waals surface area contributed by atoms with Crippen molar-refractivity contribution in [3.05, 3.63) is 45.6 Å². The van der Waals surface area contributed by atoms with Crippen molar-refractivity contribution in [1.29, 1.82) is 0 Å². The molecule has 0 unspecified atom stereocenters. The van der Waals surface area contributed by atoms with Crippen molar-refractivity contribution in [2.24, 2.45) is 5.92 Å². The molecule has 4 rings (SSSR count). The lowest BCUT2D eigenvalue weighted by Gasteiger charge is -2.28. The zero-order chi connectivity index (χ0) is 19.0. The quantitative estimate of drug-likeness (QED) is 0.826. The predicted octanol–water partition coefficient (Wildman–Crippen LogP) is 3.02. The maximum atomic E-state index is 12.6. The summed E-state index contributed by atoms with van der Waals surface area (Å²) in [5.41, 5.74) is 2.41. The minimum atomic E-state index is -0.481. The van der Waals surface area contributed by atoms with Crippen molar-refractivity contribution >= 4 is 40.5 Å².